The molecule has 1 amide bonds. The van der Waals surface area contributed by atoms with Gasteiger partial charge in [-0.05, 0) is 67.8 Å². The molecule has 170 valence electrons. The third-order valence-electron chi connectivity index (χ3n) is 5.71. The highest BCUT2D eigenvalue weighted by atomic mass is 32.2. The van der Waals surface area contributed by atoms with Crippen molar-refractivity contribution in [3.05, 3.63) is 87.0 Å². The summed E-state index contributed by atoms with van der Waals surface area (Å²) in [7, 11) is 0. The molecule has 2 aromatic carbocycles. The minimum absolute atomic E-state index is 0.0619. The molecule has 0 radical (unpaired) electrons. The molecule has 2 heterocycles. The molecule has 0 spiro atoms. The topological polar surface area (TPSA) is 64.0 Å². The van der Waals surface area contributed by atoms with E-state index >= 15 is 0 Å². The number of carbonyl (C=O) groups excluding carboxylic acids is 1. The van der Waals surface area contributed by atoms with Crippen molar-refractivity contribution < 1.29 is 4.79 Å². The smallest absolute Gasteiger partial charge is 0.276 e. The van der Waals surface area contributed by atoms with Gasteiger partial charge in [-0.2, -0.15) is 0 Å². The van der Waals surface area contributed by atoms with Crippen molar-refractivity contribution in [2.24, 2.45) is 0 Å². The summed E-state index contributed by atoms with van der Waals surface area (Å²) in [4.78, 5) is 30.7. The van der Waals surface area contributed by atoms with E-state index < -0.39 is 0 Å². The first-order valence-corrected chi connectivity index (χ1v) is 12.8. The van der Waals surface area contributed by atoms with Crippen molar-refractivity contribution in [3.8, 4) is 5.69 Å². The van der Waals surface area contributed by atoms with Gasteiger partial charge in [0, 0.05) is 6.04 Å². The van der Waals surface area contributed by atoms with Gasteiger partial charge in [-0.3, -0.25) is 14.2 Å². The van der Waals surface area contributed by atoms with Crippen molar-refractivity contribution in [2.75, 3.05) is 5.75 Å². The van der Waals surface area contributed by atoms with Gasteiger partial charge in [-0.1, -0.05) is 54.2 Å². The number of thiophene rings is 1. The second kappa shape index (κ2) is 10.4. The molecular formula is C26H27N3O2S2. The van der Waals surface area contributed by atoms with Gasteiger partial charge >= 0.3 is 0 Å². The van der Waals surface area contributed by atoms with Gasteiger partial charge in [0.1, 0.15) is 4.70 Å². The molecule has 1 atom stereocenters. The maximum Gasteiger partial charge on any atom is 0.276 e. The Kier molecular flexibility index (Phi) is 7.30. The summed E-state index contributed by atoms with van der Waals surface area (Å²) in [5.74, 6) is 0.135. The predicted octanol–water partition coefficient (Wildman–Crippen LogP) is 5.29. The number of carbonyl (C=O) groups is 1. The highest BCUT2D eigenvalue weighted by Crippen LogP contribution is 2.26. The molecule has 7 heteroatoms. The Hall–Kier alpha value is -2.90. The Morgan fingerprint density at radius 1 is 1.12 bits per heavy atom. The largest absolute Gasteiger partial charge is 0.353 e. The van der Waals surface area contributed by atoms with Crippen LogP contribution >= 0.6 is 23.1 Å². The molecule has 0 bridgehead atoms. The van der Waals surface area contributed by atoms with E-state index in [1.54, 1.807) is 4.57 Å². The maximum absolute atomic E-state index is 13.3. The van der Waals surface area contributed by atoms with Gasteiger partial charge in [0.15, 0.2) is 5.16 Å². The number of benzene rings is 2. The number of nitrogens with zero attached hydrogens (tertiary/aromatic N) is 2. The van der Waals surface area contributed by atoms with Crippen LogP contribution in [0.25, 0.3) is 15.9 Å². The second-order valence-corrected chi connectivity index (χ2v) is 10.0. The summed E-state index contributed by atoms with van der Waals surface area (Å²) in [6, 6.07) is 18.1. The number of amides is 1. The fourth-order valence-corrected chi connectivity index (χ4v) is 5.30. The summed E-state index contributed by atoms with van der Waals surface area (Å²) < 4.78 is 2.28. The molecule has 0 fully saturated rings. The number of aromatic nitrogens is 2. The van der Waals surface area contributed by atoms with Crippen LogP contribution in [0, 0.1) is 13.8 Å². The first-order valence-electron chi connectivity index (χ1n) is 11.0. The molecule has 1 N–H and O–H groups in total. The number of hydrogen-bond acceptors (Lipinski definition) is 5. The van der Waals surface area contributed by atoms with Crippen molar-refractivity contribution in [2.45, 2.75) is 44.8 Å². The van der Waals surface area contributed by atoms with Crippen LogP contribution in [-0.2, 0) is 11.2 Å². The van der Waals surface area contributed by atoms with Gasteiger partial charge in [0.25, 0.3) is 5.56 Å². The molecule has 0 saturated carbocycles. The van der Waals surface area contributed by atoms with Gasteiger partial charge in [0.05, 0.1) is 17.0 Å². The minimum Gasteiger partial charge on any atom is -0.353 e. The lowest BCUT2D eigenvalue weighted by Crippen LogP contribution is -2.34. The lowest BCUT2D eigenvalue weighted by molar-refractivity contribution is -0.119. The van der Waals surface area contributed by atoms with E-state index in [9.17, 15) is 9.59 Å². The van der Waals surface area contributed by atoms with Crippen molar-refractivity contribution in [3.63, 3.8) is 0 Å². The fraction of sp³-hybridized carbons (Fsp3) is 0.269. The van der Waals surface area contributed by atoms with E-state index in [4.69, 9.17) is 4.98 Å². The van der Waals surface area contributed by atoms with Crippen LogP contribution in [0.15, 0.2) is 69.9 Å². The van der Waals surface area contributed by atoms with Gasteiger partial charge in [-0.25, -0.2) is 4.98 Å². The van der Waals surface area contributed by atoms with Gasteiger partial charge in [-0.15, -0.1) is 11.3 Å². The van der Waals surface area contributed by atoms with E-state index in [0.29, 0.717) is 15.4 Å². The van der Waals surface area contributed by atoms with E-state index in [0.717, 1.165) is 29.7 Å². The molecule has 0 saturated heterocycles. The van der Waals surface area contributed by atoms with Crippen LogP contribution in [0.1, 0.15) is 30.0 Å². The SMILES string of the molecule is Cc1cccc(-n2c(SCC(=O)N[C@H](C)CCc3ccccc3)nc3ccsc3c2=O)c1C. The number of aryl methyl sites for hydroxylation is 2. The quantitative estimate of drug-likeness (QED) is 0.277. The lowest BCUT2D eigenvalue weighted by Gasteiger charge is -2.16. The van der Waals surface area contributed by atoms with Crippen molar-refractivity contribution >= 4 is 39.2 Å². The third kappa shape index (κ3) is 5.37. The normalized spacial score (nSPS) is 12.1. The highest BCUT2D eigenvalue weighted by molar-refractivity contribution is 7.99. The zero-order chi connectivity index (χ0) is 23.4. The monoisotopic (exact) mass is 477 g/mol. The number of nitrogens with one attached hydrogen (secondary N) is 1. The first-order chi connectivity index (χ1) is 15.9. The molecule has 2 aromatic heterocycles. The Morgan fingerprint density at radius 2 is 1.91 bits per heavy atom. The van der Waals surface area contributed by atoms with Crippen LogP contribution in [0.3, 0.4) is 0 Å². The first kappa shape index (κ1) is 23.3. The molecule has 33 heavy (non-hydrogen) atoms. The maximum atomic E-state index is 13.3. The zero-order valence-corrected chi connectivity index (χ0v) is 20.6. The number of thioether (sulfide) groups is 1. The molecule has 0 aliphatic rings. The average Bonchev–Trinajstić information content (AvgIpc) is 3.28. The van der Waals surface area contributed by atoms with Crippen LogP contribution < -0.4 is 10.9 Å². The van der Waals surface area contributed by atoms with Gasteiger partial charge in [0.2, 0.25) is 5.91 Å². The molecule has 0 aliphatic heterocycles. The van der Waals surface area contributed by atoms with Gasteiger partial charge < -0.3 is 5.32 Å². The van der Waals surface area contributed by atoms with Crippen LogP contribution in [-0.4, -0.2) is 27.3 Å². The lowest BCUT2D eigenvalue weighted by atomic mass is 10.1. The number of rotatable bonds is 8. The Morgan fingerprint density at radius 3 is 2.70 bits per heavy atom. The van der Waals surface area contributed by atoms with E-state index in [1.165, 1.54) is 28.7 Å². The van der Waals surface area contributed by atoms with Crippen LogP contribution in [0.4, 0.5) is 0 Å². The molecule has 0 unspecified atom stereocenters. The summed E-state index contributed by atoms with van der Waals surface area (Å²) in [6.07, 6.45) is 1.78. The van der Waals surface area contributed by atoms with Crippen molar-refractivity contribution in [1.82, 2.24) is 14.9 Å². The Labute approximate surface area is 201 Å². The van der Waals surface area contributed by atoms with E-state index in [2.05, 4.69) is 17.4 Å². The molecule has 4 aromatic rings. The van der Waals surface area contributed by atoms with Crippen molar-refractivity contribution in [1.29, 1.82) is 0 Å². The summed E-state index contributed by atoms with van der Waals surface area (Å²) in [6.45, 7) is 6.05. The number of hydrogen-bond donors (Lipinski definition) is 1. The average molecular weight is 478 g/mol. The summed E-state index contributed by atoms with van der Waals surface area (Å²) in [5.41, 5.74) is 4.78. The Bertz CT molecular complexity index is 1330. The summed E-state index contributed by atoms with van der Waals surface area (Å²) >= 11 is 2.69. The minimum atomic E-state index is -0.0946. The molecule has 0 aliphatic carbocycles. The second-order valence-electron chi connectivity index (χ2n) is 8.17. The Balaban J connectivity index is 1.50. The third-order valence-corrected chi connectivity index (χ3v) is 7.54. The van der Waals surface area contributed by atoms with Crippen LogP contribution in [0.2, 0.25) is 0 Å². The standard InChI is InChI=1S/C26H27N3O2S2/c1-17-8-7-11-22(19(17)3)29-25(31)24-21(14-15-32-24)28-26(29)33-16-23(30)27-18(2)12-13-20-9-5-4-6-10-20/h4-11,14-15,18H,12-13,16H2,1-3H3,(H,27,30)/t18-/m1/s1. The van der Waals surface area contributed by atoms with E-state index in [1.807, 2.05) is 68.6 Å². The zero-order valence-electron chi connectivity index (χ0n) is 19.0. The molecule has 5 nitrogen and oxygen atoms in total. The van der Waals surface area contributed by atoms with E-state index in [-0.39, 0.29) is 23.3 Å². The predicted molar refractivity (Wildman–Crippen MR) is 138 cm³/mol. The number of fused-ring (bicyclic) bond motifs is 1. The highest BCUT2D eigenvalue weighted by Gasteiger charge is 2.18. The summed E-state index contributed by atoms with van der Waals surface area (Å²) in [5, 5.41) is 5.49. The van der Waals surface area contributed by atoms with Crippen LogP contribution in [0.5, 0.6) is 0 Å². The fourth-order valence-electron chi connectivity index (χ4n) is 3.73. The molecule has 4 rings (SSSR count). The molecular weight excluding hydrogens is 450 g/mol.